The third-order valence-corrected chi connectivity index (χ3v) is 14.4. The van der Waals surface area contributed by atoms with Gasteiger partial charge >= 0.3 is 17.9 Å². The molecule has 6 nitrogen and oxygen atoms in total. The van der Waals surface area contributed by atoms with Crippen LogP contribution in [0.25, 0.3) is 0 Å². The number of carbonyl (C=O) groups is 3. The van der Waals surface area contributed by atoms with E-state index in [1.54, 1.807) is 0 Å². The summed E-state index contributed by atoms with van der Waals surface area (Å²) in [6, 6.07) is 0. The van der Waals surface area contributed by atoms with E-state index < -0.39 is 6.10 Å². The van der Waals surface area contributed by atoms with E-state index in [9.17, 15) is 14.4 Å². The van der Waals surface area contributed by atoms with Crippen LogP contribution in [-0.4, -0.2) is 37.2 Å². The number of ether oxygens (including phenoxy) is 3. The molecule has 0 bridgehead atoms. The predicted octanol–water partition coefficient (Wildman–Crippen LogP) is 22.7. The number of carbonyl (C=O) groups excluding carboxylic acids is 3. The van der Waals surface area contributed by atoms with Crippen LogP contribution in [0.5, 0.6) is 0 Å². The SMILES string of the molecule is CC/C=C\C/C=C\C/C=C\C/C=C\C/C=C\C/C=C\CCC(=O)OC(COC(=O)CCCCCCCCCCC/C=C\CCCCCCCCCC)COC(=O)CCCCCCCCCCCCCCCCCCCCC. The molecule has 77 heavy (non-hydrogen) atoms. The second-order valence-corrected chi connectivity index (χ2v) is 22.0. The fourth-order valence-electron chi connectivity index (χ4n) is 9.47. The summed E-state index contributed by atoms with van der Waals surface area (Å²) in [5, 5.41) is 0. The van der Waals surface area contributed by atoms with Gasteiger partial charge in [0.2, 0.25) is 0 Å². The van der Waals surface area contributed by atoms with Crippen LogP contribution in [0.4, 0.5) is 0 Å². The first-order chi connectivity index (χ1) is 38.0. The molecule has 444 valence electrons. The van der Waals surface area contributed by atoms with E-state index in [1.807, 2.05) is 6.08 Å². The summed E-state index contributed by atoms with van der Waals surface area (Å²) >= 11 is 0. The highest BCUT2D eigenvalue weighted by atomic mass is 16.6. The lowest BCUT2D eigenvalue weighted by Crippen LogP contribution is -2.30. The van der Waals surface area contributed by atoms with Crippen LogP contribution in [0.2, 0.25) is 0 Å². The first kappa shape index (κ1) is 73.6. The fourth-order valence-corrected chi connectivity index (χ4v) is 9.47. The van der Waals surface area contributed by atoms with Gasteiger partial charge in [-0.2, -0.15) is 0 Å². The van der Waals surface area contributed by atoms with Crippen molar-refractivity contribution in [3.8, 4) is 0 Å². The molecule has 0 aliphatic heterocycles. The number of esters is 3. The minimum atomic E-state index is -0.818. The topological polar surface area (TPSA) is 78.9 Å². The average Bonchev–Trinajstić information content (AvgIpc) is 3.43. The van der Waals surface area contributed by atoms with Crippen LogP contribution in [0.1, 0.15) is 329 Å². The van der Waals surface area contributed by atoms with E-state index in [1.165, 1.54) is 205 Å². The Kier molecular flexibility index (Phi) is 62.2. The quantitative estimate of drug-likeness (QED) is 0.0261. The Hall–Kier alpha value is -3.41. The Morgan fingerprint density at radius 2 is 0.532 bits per heavy atom. The van der Waals surface area contributed by atoms with E-state index >= 15 is 0 Å². The molecule has 1 unspecified atom stereocenters. The Morgan fingerprint density at radius 1 is 0.273 bits per heavy atom. The molecule has 0 rings (SSSR count). The maximum Gasteiger partial charge on any atom is 0.306 e. The minimum absolute atomic E-state index is 0.104. The molecule has 0 heterocycles. The van der Waals surface area contributed by atoms with Crippen LogP contribution in [0.15, 0.2) is 85.1 Å². The molecule has 0 N–H and O–H groups in total. The van der Waals surface area contributed by atoms with Crippen molar-refractivity contribution in [1.82, 2.24) is 0 Å². The molecule has 0 fully saturated rings. The maximum absolute atomic E-state index is 12.9. The molecule has 0 radical (unpaired) electrons. The second-order valence-electron chi connectivity index (χ2n) is 22.0. The van der Waals surface area contributed by atoms with Gasteiger partial charge in [0, 0.05) is 19.3 Å². The second kappa shape index (κ2) is 65.1. The summed E-state index contributed by atoms with van der Waals surface area (Å²) < 4.78 is 16.9. The van der Waals surface area contributed by atoms with Gasteiger partial charge in [0.05, 0.1) is 0 Å². The molecule has 0 aliphatic carbocycles. The van der Waals surface area contributed by atoms with Crippen molar-refractivity contribution in [2.75, 3.05) is 13.2 Å². The number of hydrogen-bond donors (Lipinski definition) is 0. The van der Waals surface area contributed by atoms with Gasteiger partial charge in [0.1, 0.15) is 13.2 Å². The van der Waals surface area contributed by atoms with Gasteiger partial charge in [0.15, 0.2) is 6.10 Å². The summed E-state index contributed by atoms with van der Waals surface area (Å²) in [7, 11) is 0. The largest absolute Gasteiger partial charge is 0.462 e. The van der Waals surface area contributed by atoms with Gasteiger partial charge < -0.3 is 14.2 Å². The first-order valence-electron chi connectivity index (χ1n) is 33.1. The van der Waals surface area contributed by atoms with Crippen LogP contribution in [0.3, 0.4) is 0 Å². The van der Waals surface area contributed by atoms with E-state index in [0.717, 1.165) is 77.0 Å². The zero-order valence-electron chi connectivity index (χ0n) is 51.0. The van der Waals surface area contributed by atoms with Crippen LogP contribution < -0.4 is 0 Å². The molecule has 0 saturated carbocycles. The molecule has 0 saturated heterocycles. The Labute approximate surface area is 477 Å². The zero-order chi connectivity index (χ0) is 55.7. The van der Waals surface area contributed by atoms with Crippen molar-refractivity contribution in [3.63, 3.8) is 0 Å². The monoisotopic (exact) mass is 1070 g/mol. The zero-order valence-corrected chi connectivity index (χ0v) is 51.0. The lowest BCUT2D eigenvalue weighted by molar-refractivity contribution is -0.166. The highest BCUT2D eigenvalue weighted by Crippen LogP contribution is 2.17. The molecule has 1 atom stereocenters. The molecule has 0 aliphatic rings. The van der Waals surface area contributed by atoms with Crippen molar-refractivity contribution in [2.45, 2.75) is 335 Å². The molecular weight excluding hydrogens is 949 g/mol. The standard InChI is InChI=1S/C71H124O6/c1-4-7-10-13-16-19-22-25-28-31-34-35-38-40-43-46-49-52-55-58-61-64-70(73)76-67-68(77-71(74)65-62-59-56-53-50-47-44-41-37-33-30-27-24-21-18-15-12-9-6-3)66-75-69(72)63-60-57-54-51-48-45-42-39-36-32-29-26-23-20-17-14-11-8-5-2/h9,12,18,21,27,30-31,34,37,41,47,50,56,59,68H,4-8,10-11,13-17,19-20,22-26,28-29,32-33,35-36,38-40,42-46,48-49,51-55,57-58,60-67H2,1-3H3/b12-9-,21-18-,30-27-,34-31-,41-37-,50-47-,59-56-. The van der Waals surface area contributed by atoms with Gasteiger partial charge in [-0.05, 0) is 83.5 Å². The molecule has 0 spiro atoms. The average molecular weight is 1070 g/mol. The molecule has 6 heteroatoms. The Bertz CT molecular complexity index is 1470. The molecular formula is C71H124O6. The predicted molar refractivity (Wildman–Crippen MR) is 334 cm³/mol. The smallest absolute Gasteiger partial charge is 0.306 e. The van der Waals surface area contributed by atoms with Gasteiger partial charge in [-0.15, -0.1) is 0 Å². The third-order valence-electron chi connectivity index (χ3n) is 14.4. The maximum atomic E-state index is 12.9. The summed E-state index contributed by atoms with van der Waals surface area (Å²) in [5.74, 6) is -0.975. The normalized spacial score (nSPS) is 12.6. The molecule has 0 aromatic rings. The van der Waals surface area contributed by atoms with Crippen molar-refractivity contribution in [3.05, 3.63) is 85.1 Å². The highest BCUT2D eigenvalue weighted by molar-refractivity contribution is 5.71. The van der Waals surface area contributed by atoms with Crippen LogP contribution in [-0.2, 0) is 28.6 Å². The van der Waals surface area contributed by atoms with Crippen molar-refractivity contribution in [1.29, 1.82) is 0 Å². The van der Waals surface area contributed by atoms with Gasteiger partial charge in [0.25, 0.3) is 0 Å². The van der Waals surface area contributed by atoms with Crippen molar-refractivity contribution >= 4 is 17.9 Å². The van der Waals surface area contributed by atoms with Gasteiger partial charge in [-0.3, -0.25) is 14.4 Å². The number of unbranched alkanes of at least 4 members (excludes halogenated alkanes) is 35. The summed E-state index contributed by atoms with van der Waals surface area (Å²) in [6.07, 6.45) is 86.1. The fraction of sp³-hybridized carbons (Fsp3) is 0.761. The summed E-state index contributed by atoms with van der Waals surface area (Å²) in [4.78, 5) is 38.3. The van der Waals surface area contributed by atoms with Gasteiger partial charge in [-0.1, -0.05) is 311 Å². The van der Waals surface area contributed by atoms with Crippen molar-refractivity contribution < 1.29 is 28.6 Å². The highest BCUT2D eigenvalue weighted by Gasteiger charge is 2.19. The summed E-state index contributed by atoms with van der Waals surface area (Å²) in [5.41, 5.74) is 0. The number of allylic oxidation sites excluding steroid dienone is 14. The first-order valence-corrected chi connectivity index (χ1v) is 33.1. The summed E-state index contributed by atoms with van der Waals surface area (Å²) in [6.45, 7) is 6.51. The van der Waals surface area contributed by atoms with Gasteiger partial charge in [-0.25, -0.2) is 0 Å². The van der Waals surface area contributed by atoms with E-state index in [-0.39, 0.29) is 37.5 Å². The molecule has 0 amide bonds. The van der Waals surface area contributed by atoms with E-state index in [2.05, 4.69) is 99.8 Å². The minimum Gasteiger partial charge on any atom is -0.462 e. The van der Waals surface area contributed by atoms with E-state index in [0.29, 0.717) is 19.3 Å². The number of rotatable bonds is 60. The van der Waals surface area contributed by atoms with Crippen LogP contribution >= 0.6 is 0 Å². The van der Waals surface area contributed by atoms with Crippen molar-refractivity contribution in [2.24, 2.45) is 0 Å². The molecule has 0 aromatic carbocycles. The molecule has 0 aromatic heterocycles. The lowest BCUT2D eigenvalue weighted by atomic mass is 10.0. The number of hydrogen-bond acceptors (Lipinski definition) is 6. The Morgan fingerprint density at radius 3 is 0.844 bits per heavy atom. The Balaban J connectivity index is 4.44. The lowest BCUT2D eigenvalue weighted by Gasteiger charge is -2.18. The van der Waals surface area contributed by atoms with E-state index in [4.69, 9.17) is 14.2 Å². The van der Waals surface area contributed by atoms with Crippen LogP contribution in [0, 0.1) is 0 Å². The third kappa shape index (κ3) is 63.3.